The van der Waals surface area contributed by atoms with Crippen LogP contribution in [0.4, 0.5) is 18.9 Å². The summed E-state index contributed by atoms with van der Waals surface area (Å²) in [6.45, 7) is 3.02. The first-order valence-corrected chi connectivity index (χ1v) is 11.1. The Labute approximate surface area is 207 Å². The highest BCUT2D eigenvalue weighted by molar-refractivity contribution is 6.05. The normalized spacial score (nSPS) is 14.9. The number of amides is 2. The fourth-order valence-corrected chi connectivity index (χ4v) is 3.58. The predicted molar refractivity (Wildman–Crippen MR) is 122 cm³/mol. The smallest absolute Gasteiger partial charge is 0.433 e. The average Bonchev–Trinajstić information content (AvgIpc) is 3.24. The van der Waals surface area contributed by atoms with Crippen LogP contribution in [0.1, 0.15) is 23.1 Å². The number of pyridine rings is 1. The summed E-state index contributed by atoms with van der Waals surface area (Å²) in [6, 6.07) is 5.69. The van der Waals surface area contributed by atoms with Gasteiger partial charge >= 0.3 is 12.1 Å². The number of carboxylic acids is 1. The molecule has 37 heavy (non-hydrogen) atoms. The lowest BCUT2D eigenvalue weighted by molar-refractivity contribution is -0.144. The first-order chi connectivity index (χ1) is 17.5. The van der Waals surface area contributed by atoms with Gasteiger partial charge in [0.15, 0.2) is 6.10 Å². The largest absolute Gasteiger partial charge is 0.479 e. The maximum Gasteiger partial charge on any atom is 0.433 e. The minimum atomic E-state index is -4.74. The molecule has 0 saturated carbocycles. The monoisotopic (exact) mass is 521 g/mol. The molecule has 0 spiro atoms. The second-order valence-corrected chi connectivity index (χ2v) is 8.19. The molecule has 0 bridgehead atoms. The summed E-state index contributed by atoms with van der Waals surface area (Å²) in [4.78, 5) is 41.6. The van der Waals surface area contributed by atoms with Gasteiger partial charge in [-0.1, -0.05) is 6.07 Å². The molecule has 3 heterocycles. The van der Waals surface area contributed by atoms with E-state index in [4.69, 9.17) is 9.47 Å². The number of hydrogen-bond acceptors (Lipinski definition) is 7. The number of morpholine rings is 1. The summed E-state index contributed by atoms with van der Waals surface area (Å²) < 4.78 is 51.1. The van der Waals surface area contributed by atoms with Crippen molar-refractivity contribution in [1.29, 1.82) is 0 Å². The van der Waals surface area contributed by atoms with Crippen molar-refractivity contribution < 1.29 is 42.1 Å². The Morgan fingerprint density at radius 1 is 1.22 bits per heavy atom. The van der Waals surface area contributed by atoms with E-state index in [1.54, 1.807) is 11.1 Å². The minimum Gasteiger partial charge on any atom is -0.479 e. The number of benzene rings is 1. The number of carbonyl (C=O) groups excluding carboxylic acids is 2. The minimum absolute atomic E-state index is 0.0103. The molecule has 3 aromatic rings. The van der Waals surface area contributed by atoms with E-state index in [9.17, 15) is 32.7 Å². The van der Waals surface area contributed by atoms with Gasteiger partial charge in [-0.25, -0.2) is 9.78 Å². The molecule has 1 aromatic carbocycles. The topological polar surface area (TPSA) is 136 Å². The lowest BCUT2D eigenvalue weighted by atomic mass is 10.2. The summed E-state index contributed by atoms with van der Waals surface area (Å²) in [6.07, 6.45) is -4.51. The maximum atomic E-state index is 13.0. The van der Waals surface area contributed by atoms with Crippen LogP contribution in [0.2, 0.25) is 0 Å². The summed E-state index contributed by atoms with van der Waals surface area (Å²) in [5.41, 5.74) is -1.40. The van der Waals surface area contributed by atoms with Gasteiger partial charge in [-0.15, -0.1) is 0 Å². The number of fused-ring (bicyclic) bond motifs is 1. The van der Waals surface area contributed by atoms with E-state index >= 15 is 0 Å². The molecular formula is C23H22F3N5O6. The van der Waals surface area contributed by atoms with Gasteiger partial charge in [0, 0.05) is 30.7 Å². The molecule has 11 nitrogen and oxygen atoms in total. The Morgan fingerprint density at radius 3 is 2.62 bits per heavy atom. The van der Waals surface area contributed by atoms with Crippen molar-refractivity contribution in [2.24, 2.45) is 0 Å². The van der Waals surface area contributed by atoms with Crippen LogP contribution < -0.4 is 10.1 Å². The van der Waals surface area contributed by atoms with Gasteiger partial charge in [0.05, 0.1) is 24.4 Å². The van der Waals surface area contributed by atoms with Crippen molar-refractivity contribution in [1.82, 2.24) is 19.7 Å². The van der Waals surface area contributed by atoms with Crippen LogP contribution in [0.3, 0.4) is 0 Å². The van der Waals surface area contributed by atoms with Gasteiger partial charge in [0.25, 0.3) is 5.91 Å². The number of rotatable bonds is 7. The first-order valence-electron chi connectivity index (χ1n) is 11.1. The molecule has 2 aromatic heterocycles. The molecular weight excluding hydrogens is 499 g/mol. The Bertz CT molecular complexity index is 1340. The Balaban J connectivity index is 1.63. The van der Waals surface area contributed by atoms with Crippen molar-refractivity contribution >= 4 is 34.4 Å². The second kappa shape index (κ2) is 10.4. The molecule has 1 saturated heterocycles. The summed E-state index contributed by atoms with van der Waals surface area (Å²) in [5, 5.41) is 16.5. The van der Waals surface area contributed by atoms with Gasteiger partial charge in [-0.05, 0) is 25.1 Å². The summed E-state index contributed by atoms with van der Waals surface area (Å²) in [5.74, 6) is -2.49. The van der Waals surface area contributed by atoms with Crippen LogP contribution in [-0.4, -0.2) is 75.0 Å². The Morgan fingerprint density at radius 2 is 1.95 bits per heavy atom. The van der Waals surface area contributed by atoms with Gasteiger partial charge in [0.2, 0.25) is 5.91 Å². The molecule has 2 amide bonds. The molecule has 1 fully saturated rings. The predicted octanol–water partition coefficient (Wildman–Crippen LogP) is 2.41. The van der Waals surface area contributed by atoms with Gasteiger partial charge in [-0.2, -0.15) is 18.3 Å². The second-order valence-electron chi connectivity index (χ2n) is 8.19. The van der Waals surface area contributed by atoms with Gasteiger partial charge in [0.1, 0.15) is 23.7 Å². The van der Waals surface area contributed by atoms with Crippen molar-refractivity contribution in [3.8, 4) is 5.75 Å². The molecule has 196 valence electrons. The van der Waals surface area contributed by atoms with Crippen LogP contribution in [0, 0.1) is 0 Å². The zero-order valence-electron chi connectivity index (χ0n) is 19.5. The van der Waals surface area contributed by atoms with E-state index in [-0.39, 0.29) is 23.9 Å². The first kappa shape index (κ1) is 25.9. The number of nitrogens with zero attached hydrogens (tertiary/aromatic N) is 4. The number of anilines is 1. The highest BCUT2D eigenvalue weighted by Crippen LogP contribution is 2.32. The molecule has 2 N–H and O–H groups in total. The zero-order valence-corrected chi connectivity index (χ0v) is 19.5. The molecule has 1 aliphatic rings. The Kier molecular flexibility index (Phi) is 7.29. The van der Waals surface area contributed by atoms with Gasteiger partial charge in [-0.3, -0.25) is 14.3 Å². The number of hydrogen-bond donors (Lipinski definition) is 2. The van der Waals surface area contributed by atoms with E-state index in [0.717, 1.165) is 18.2 Å². The third kappa shape index (κ3) is 6.14. The van der Waals surface area contributed by atoms with E-state index in [0.29, 0.717) is 37.2 Å². The lowest BCUT2D eigenvalue weighted by Crippen LogP contribution is -2.42. The molecule has 1 unspecified atom stereocenters. The Hall–Kier alpha value is -4.20. The molecule has 0 aliphatic carbocycles. The highest BCUT2D eigenvalue weighted by atomic mass is 19.4. The van der Waals surface area contributed by atoms with Crippen LogP contribution in [-0.2, 0) is 27.0 Å². The quantitative estimate of drug-likeness (QED) is 0.484. The molecule has 0 radical (unpaired) electrons. The van der Waals surface area contributed by atoms with Gasteiger partial charge < -0.3 is 24.8 Å². The van der Waals surface area contributed by atoms with E-state index in [2.05, 4.69) is 15.4 Å². The number of carboxylic acid groups (broad SMARTS) is 1. The summed E-state index contributed by atoms with van der Waals surface area (Å²) >= 11 is 0. The number of nitrogens with one attached hydrogen (secondary N) is 1. The van der Waals surface area contributed by atoms with E-state index in [1.807, 2.05) is 0 Å². The van der Waals surface area contributed by atoms with Crippen molar-refractivity contribution in [2.75, 3.05) is 31.6 Å². The fourth-order valence-electron chi connectivity index (χ4n) is 3.58. The van der Waals surface area contributed by atoms with Crippen LogP contribution >= 0.6 is 0 Å². The highest BCUT2D eigenvalue weighted by Gasteiger charge is 2.33. The third-order valence-electron chi connectivity index (χ3n) is 5.49. The SMILES string of the molecule is CC(Oc1cc2nn(CC(=O)N3CCOCC3)cc2cc1NC(=O)c1cccc(C(F)(F)F)n1)C(=O)O. The number of alkyl halides is 3. The molecule has 14 heteroatoms. The molecule has 1 atom stereocenters. The number of ether oxygens (including phenoxy) is 2. The van der Waals surface area contributed by atoms with Crippen LogP contribution in [0.25, 0.3) is 10.9 Å². The van der Waals surface area contributed by atoms with E-state index in [1.165, 1.54) is 23.7 Å². The number of halogens is 3. The van der Waals surface area contributed by atoms with Crippen LogP contribution in [0.15, 0.2) is 36.5 Å². The maximum absolute atomic E-state index is 13.0. The number of carbonyl (C=O) groups is 3. The molecule has 4 rings (SSSR count). The standard InChI is InChI=1S/C23H22F3N5O6/c1-13(22(34)35)37-18-10-16-14(11-31(29-16)12-20(32)30-5-7-36-8-6-30)9-17(18)28-21(33)15-3-2-4-19(27-15)23(24,25)26/h2-4,9-11,13H,5-8,12H2,1H3,(H,28,33)(H,34,35). The lowest BCUT2D eigenvalue weighted by Gasteiger charge is -2.26. The van der Waals surface area contributed by atoms with Crippen molar-refractivity contribution in [2.45, 2.75) is 25.7 Å². The fraction of sp³-hybridized carbons (Fsp3) is 0.348. The zero-order chi connectivity index (χ0) is 26.7. The third-order valence-corrected chi connectivity index (χ3v) is 5.49. The number of aromatic nitrogens is 3. The number of aliphatic carboxylic acids is 1. The molecule has 1 aliphatic heterocycles. The van der Waals surface area contributed by atoms with E-state index < -0.39 is 35.5 Å². The summed E-state index contributed by atoms with van der Waals surface area (Å²) in [7, 11) is 0. The van der Waals surface area contributed by atoms with Crippen molar-refractivity contribution in [3.63, 3.8) is 0 Å². The van der Waals surface area contributed by atoms with Crippen LogP contribution in [0.5, 0.6) is 5.75 Å². The van der Waals surface area contributed by atoms with Crippen molar-refractivity contribution in [3.05, 3.63) is 47.9 Å². The average molecular weight is 521 g/mol.